The zero-order valence-corrected chi connectivity index (χ0v) is 17.1. The van der Waals surface area contributed by atoms with Gasteiger partial charge in [0.25, 0.3) is 0 Å². The fourth-order valence-electron chi connectivity index (χ4n) is 3.69. The molecule has 0 bridgehead atoms. The van der Waals surface area contributed by atoms with E-state index in [9.17, 15) is 23.1 Å². The lowest BCUT2D eigenvalue weighted by Gasteiger charge is -2.19. The number of aryl methyl sites for hydroxylation is 2. The Bertz CT molecular complexity index is 1120. The number of carbonyl (C=O) groups excluding carboxylic acids is 2. The van der Waals surface area contributed by atoms with Crippen LogP contribution in [0, 0.1) is 13.8 Å². The van der Waals surface area contributed by atoms with Crippen LogP contribution in [0.15, 0.2) is 28.8 Å². The van der Waals surface area contributed by atoms with Crippen LogP contribution in [0.4, 0.5) is 0 Å². The van der Waals surface area contributed by atoms with Crippen molar-refractivity contribution >= 4 is 27.2 Å². The number of nitrogens with zero attached hydrogens (tertiary/aromatic N) is 2. The van der Waals surface area contributed by atoms with E-state index in [4.69, 9.17) is 0 Å². The highest BCUT2D eigenvalue weighted by Gasteiger charge is 2.30. The molecule has 1 saturated carbocycles. The van der Waals surface area contributed by atoms with Gasteiger partial charge in [-0.15, -0.1) is 0 Å². The third-order valence-corrected chi connectivity index (χ3v) is 6.19. The van der Waals surface area contributed by atoms with Gasteiger partial charge in [-0.3, -0.25) is 14.3 Å². The molecule has 1 aliphatic carbocycles. The molecule has 1 aromatic heterocycles. The quantitative estimate of drug-likeness (QED) is 0.481. The van der Waals surface area contributed by atoms with Crippen LogP contribution in [0.25, 0.3) is 17.0 Å². The van der Waals surface area contributed by atoms with Gasteiger partial charge in [-0.2, -0.15) is 5.10 Å². The summed E-state index contributed by atoms with van der Waals surface area (Å²) in [6.07, 6.45) is 3.69. The zero-order chi connectivity index (χ0) is 20.8. The number of aliphatic hydroxyl groups is 1. The van der Waals surface area contributed by atoms with Crippen LogP contribution in [0.5, 0.6) is 0 Å². The Kier molecular flexibility index (Phi) is 5.01. The maximum atomic E-state index is 12.5. The molecular weight excluding hydrogens is 380 g/mol. The van der Waals surface area contributed by atoms with Crippen molar-refractivity contribution in [3.05, 3.63) is 40.6 Å². The fourth-order valence-corrected chi connectivity index (χ4v) is 4.96. The number of ketones is 2. The normalized spacial score (nSPS) is 15.2. The van der Waals surface area contributed by atoms with Gasteiger partial charge in [0.05, 0.1) is 10.6 Å². The Morgan fingerprint density at radius 3 is 2.29 bits per heavy atom. The molecule has 0 spiro atoms. The van der Waals surface area contributed by atoms with Crippen LogP contribution in [-0.2, 0) is 26.5 Å². The van der Waals surface area contributed by atoms with Crippen molar-refractivity contribution in [2.24, 2.45) is 7.05 Å². The first-order valence-electron chi connectivity index (χ1n) is 8.86. The molecule has 3 rings (SSSR count). The Labute approximate surface area is 163 Å². The maximum absolute atomic E-state index is 12.5. The number of allylic oxidation sites excluding steroid dienone is 1. The first-order chi connectivity index (χ1) is 13.0. The number of aliphatic hydroxyl groups excluding tert-OH is 1. The summed E-state index contributed by atoms with van der Waals surface area (Å²) in [6, 6.07) is 3.19. The number of hydrogen-bond donors (Lipinski definition) is 1. The maximum Gasteiger partial charge on any atom is 0.176 e. The van der Waals surface area contributed by atoms with E-state index in [1.807, 2.05) is 0 Å². The highest BCUT2D eigenvalue weighted by atomic mass is 32.2. The summed E-state index contributed by atoms with van der Waals surface area (Å²) < 4.78 is 26.5. The molecule has 1 aromatic carbocycles. The van der Waals surface area contributed by atoms with E-state index in [-0.39, 0.29) is 28.9 Å². The Morgan fingerprint density at radius 2 is 1.79 bits per heavy atom. The smallest absolute Gasteiger partial charge is 0.176 e. The third-order valence-electron chi connectivity index (χ3n) is 4.92. The minimum absolute atomic E-state index is 0.117. The van der Waals surface area contributed by atoms with Crippen LogP contribution < -0.4 is 0 Å². The highest BCUT2D eigenvalue weighted by molar-refractivity contribution is 7.91. The van der Waals surface area contributed by atoms with Gasteiger partial charge in [0.15, 0.2) is 21.4 Å². The molecule has 8 heteroatoms. The van der Waals surface area contributed by atoms with Crippen molar-refractivity contribution in [3.63, 3.8) is 0 Å². The molecule has 7 nitrogen and oxygen atoms in total. The predicted molar refractivity (Wildman–Crippen MR) is 105 cm³/mol. The van der Waals surface area contributed by atoms with Crippen molar-refractivity contribution in [2.45, 2.75) is 38.0 Å². The van der Waals surface area contributed by atoms with Crippen LogP contribution >= 0.6 is 0 Å². The Balaban J connectivity index is 2.39. The van der Waals surface area contributed by atoms with E-state index in [0.29, 0.717) is 28.8 Å². The monoisotopic (exact) mass is 402 g/mol. The topological polar surface area (TPSA) is 106 Å². The van der Waals surface area contributed by atoms with Crippen molar-refractivity contribution in [3.8, 4) is 11.3 Å². The van der Waals surface area contributed by atoms with Crippen molar-refractivity contribution in [2.75, 3.05) is 6.26 Å². The second kappa shape index (κ2) is 7.01. The summed E-state index contributed by atoms with van der Waals surface area (Å²) in [5.41, 5.74) is 1.72. The third kappa shape index (κ3) is 3.40. The number of hydrogen-bond acceptors (Lipinski definition) is 6. The number of benzene rings is 1. The van der Waals surface area contributed by atoms with E-state index in [0.717, 1.165) is 6.26 Å². The fraction of sp³-hybridized carbons (Fsp3) is 0.350. The summed E-state index contributed by atoms with van der Waals surface area (Å²) in [5, 5.41) is 15.1. The lowest BCUT2D eigenvalue weighted by Crippen LogP contribution is -2.21. The van der Waals surface area contributed by atoms with Crippen LogP contribution in [0.2, 0.25) is 0 Å². The molecule has 2 aromatic rings. The molecule has 1 heterocycles. The predicted octanol–water partition coefficient (Wildman–Crippen LogP) is 2.70. The van der Waals surface area contributed by atoms with E-state index in [2.05, 4.69) is 5.10 Å². The minimum Gasteiger partial charge on any atom is -0.506 e. The van der Waals surface area contributed by atoms with E-state index in [1.165, 1.54) is 6.07 Å². The van der Waals surface area contributed by atoms with Gasteiger partial charge in [-0.05, 0) is 43.5 Å². The number of carbonyl (C=O) groups is 2. The van der Waals surface area contributed by atoms with Crippen molar-refractivity contribution in [1.29, 1.82) is 0 Å². The van der Waals surface area contributed by atoms with Gasteiger partial charge in [0.2, 0.25) is 0 Å². The Hall–Kier alpha value is -2.74. The molecular formula is C20H22N2O5S. The molecule has 28 heavy (non-hydrogen) atoms. The summed E-state index contributed by atoms with van der Waals surface area (Å²) in [6.45, 7) is 3.27. The summed E-state index contributed by atoms with van der Waals surface area (Å²) in [7, 11) is -1.88. The number of sulfone groups is 1. The van der Waals surface area contributed by atoms with Crippen molar-refractivity contribution < 1.29 is 23.1 Å². The molecule has 1 N–H and O–H groups in total. The molecule has 0 aliphatic heterocycles. The van der Waals surface area contributed by atoms with E-state index < -0.39 is 27.2 Å². The summed E-state index contributed by atoms with van der Waals surface area (Å²) in [5.74, 6) is -1.18. The lowest BCUT2D eigenvalue weighted by atomic mass is 9.87. The van der Waals surface area contributed by atoms with Gasteiger partial charge in [0.1, 0.15) is 11.3 Å². The first kappa shape index (κ1) is 20.0. The van der Waals surface area contributed by atoms with Gasteiger partial charge in [-0.1, -0.05) is 0 Å². The second-order valence-corrected chi connectivity index (χ2v) is 9.09. The molecule has 148 valence electrons. The van der Waals surface area contributed by atoms with Crippen LogP contribution in [0.3, 0.4) is 0 Å². The van der Waals surface area contributed by atoms with E-state index >= 15 is 0 Å². The average Bonchev–Trinajstić information content (AvgIpc) is 3.00. The zero-order valence-electron chi connectivity index (χ0n) is 16.2. The van der Waals surface area contributed by atoms with Gasteiger partial charge >= 0.3 is 0 Å². The SMILES string of the molecule is Cc1cc(C(O)=C2C(=O)CCCC2=O)c(C)c(-c2ccn(C)n2)c1S(C)(=O)=O. The number of aromatic nitrogens is 2. The standard InChI is InChI=1S/C20H22N2O5S/c1-11-10-13(19(25)18-15(23)6-5-7-16(18)24)12(2)17(20(11)28(4,26)27)14-8-9-22(3)21-14/h8-10,25H,5-7H2,1-4H3. The Morgan fingerprint density at radius 1 is 1.18 bits per heavy atom. The average molecular weight is 402 g/mol. The summed E-state index contributed by atoms with van der Waals surface area (Å²) >= 11 is 0. The lowest BCUT2D eigenvalue weighted by molar-refractivity contribution is -0.123. The summed E-state index contributed by atoms with van der Waals surface area (Å²) in [4.78, 5) is 24.6. The highest BCUT2D eigenvalue weighted by Crippen LogP contribution is 2.37. The largest absolute Gasteiger partial charge is 0.506 e. The van der Waals surface area contributed by atoms with Gasteiger partial charge in [-0.25, -0.2) is 8.42 Å². The number of Topliss-reactive ketones (excluding diaryl/α,β-unsaturated/α-hetero) is 2. The second-order valence-electron chi connectivity index (χ2n) is 7.14. The van der Waals surface area contributed by atoms with Gasteiger partial charge in [0, 0.05) is 43.5 Å². The van der Waals surface area contributed by atoms with Crippen LogP contribution in [0.1, 0.15) is 36.0 Å². The minimum atomic E-state index is -3.60. The van der Waals surface area contributed by atoms with E-state index in [1.54, 1.807) is 37.8 Å². The molecule has 0 unspecified atom stereocenters. The first-order valence-corrected chi connectivity index (χ1v) is 10.8. The van der Waals surface area contributed by atoms with Gasteiger partial charge < -0.3 is 5.11 Å². The molecule has 0 radical (unpaired) electrons. The number of rotatable bonds is 3. The van der Waals surface area contributed by atoms with Crippen LogP contribution in [-0.4, -0.2) is 41.1 Å². The molecule has 0 saturated heterocycles. The molecule has 0 atom stereocenters. The molecule has 1 aliphatic rings. The molecule has 0 amide bonds. The van der Waals surface area contributed by atoms with Crippen molar-refractivity contribution in [1.82, 2.24) is 9.78 Å². The molecule has 1 fully saturated rings.